The number of piperidine rings is 1. The summed E-state index contributed by atoms with van der Waals surface area (Å²) in [6.45, 7) is 3.10. The molecule has 128 valence electrons. The molecule has 2 aromatic rings. The molecular formula is C20H27N3O. The van der Waals surface area contributed by atoms with Gasteiger partial charge >= 0.3 is 0 Å². The zero-order valence-electron chi connectivity index (χ0n) is 14.4. The van der Waals surface area contributed by atoms with Crippen molar-refractivity contribution in [1.29, 1.82) is 0 Å². The first-order valence-corrected chi connectivity index (χ1v) is 8.91. The second-order valence-electron chi connectivity index (χ2n) is 6.65. The van der Waals surface area contributed by atoms with Gasteiger partial charge < -0.3 is 10.2 Å². The van der Waals surface area contributed by atoms with Crippen LogP contribution in [0.4, 0.5) is 5.69 Å². The predicted molar refractivity (Wildman–Crippen MR) is 98.4 cm³/mol. The van der Waals surface area contributed by atoms with Gasteiger partial charge in [0.05, 0.1) is 0 Å². The van der Waals surface area contributed by atoms with Gasteiger partial charge in [-0.25, -0.2) is 0 Å². The highest BCUT2D eigenvalue weighted by Gasteiger charge is 2.20. The first kappa shape index (κ1) is 16.8. The van der Waals surface area contributed by atoms with E-state index in [-0.39, 0.29) is 5.91 Å². The second-order valence-corrected chi connectivity index (χ2v) is 6.65. The summed E-state index contributed by atoms with van der Waals surface area (Å²) in [6.07, 6.45) is 7.68. The number of nitrogens with zero attached hydrogens (tertiary/aromatic N) is 2. The lowest BCUT2D eigenvalue weighted by Crippen LogP contribution is -2.33. The Morgan fingerprint density at radius 3 is 2.42 bits per heavy atom. The fraction of sp³-hybridized carbons (Fsp3) is 0.450. The van der Waals surface area contributed by atoms with Crippen molar-refractivity contribution in [3.05, 3.63) is 54.4 Å². The van der Waals surface area contributed by atoms with Gasteiger partial charge in [-0.15, -0.1) is 0 Å². The van der Waals surface area contributed by atoms with E-state index in [1.54, 1.807) is 4.57 Å². The van der Waals surface area contributed by atoms with Gasteiger partial charge in [0.1, 0.15) is 0 Å². The number of hydrogen-bond acceptors (Lipinski definition) is 3. The van der Waals surface area contributed by atoms with E-state index in [2.05, 4.69) is 34.5 Å². The molecule has 4 heteroatoms. The van der Waals surface area contributed by atoms with Crippen molar-refractivity contribution in [2.75, 3.05) is 25.0 Å². The van der Waals surface area contributed by atoms with Crippen molar-refractivity contribution < 1.29 is 4.79 Å². The third kappa shape index (κ3) is 4.26. The van der Waals surface area contributed by atoms with Crippen LogP contribution in [0.25, 0.3) is 0 Å². The number of rotatable bonds is 6. The van der Waals surface area contributed by atoms with E-state index in [1.165, 1.54) is 24.1 Å². The maximum atomic E-state index is 12.1. The SMILES string of the molecule is CNCc1ccc(N2CCC(CCC(=O)n3cccc3)CC2)cc1. The molecule has 1 N–H and O–H groups in total. The molecular weight excluding hydrogens is 298 g/mol. The molecule has 2 heterocycles. The summed E-state index contributed by atoms with van der Waals surface area (Å²) in [5.41, 5.74) is 2.64. The lowest BCUT2D eigenvalue weighted by molar-refractivity contribution is 0.0891. The first-order valence-electron chi connectivity index (χ1n) is 8.91. The first-order chi connectivity index (χ1) is 11.8. The van der Waals surface area contributed by atoms with Gasteiger partial charge in [-0.05, 0) is 62.1 Å². The molecule has 1 saturated heterocycles. The minimum absolute atomic E-state index is 0.211. The molecule has 0 amide bonds. The van der Waals surface area contributed by atoms with Crippen molar-refractivity contribution in [2.24, 2.45) is 5.92 Å². The topological polar surface area (TPSA) is 37.3 Å². The lowest BCUT2D eigenvalue weighted by Gasteiger charge is -2.33. The third-order valence-corrected chi connectivity index (χ3v) is 4.96. The summed E-state index contributed by atoms with van der Waals surface area (Å²) in [4.78, 5) is 14.5. The van der Waals surface area contributed by atoms with Crippen LogP contribution in [-0.4, -0.2) is 30.6 Å². The summed E-state index contributed by atoms with van der Waals surface area (Å²) in [6, 6.07) is 12.7. The molecule has 0 atom stereocenters. The Kier molecular flexibility index (Phi) is 5.70. The second kappa shape index (κ2) is 8.15. The van der Waals surface area contributed by atoms with Crippen LogP contribution < -0.4 is 10.2 Å². The zero-order valence-corrected chi connectivity index (χ0v) is 14.4. The van der Waals surface area contributed by atoms with Crippen LogP contribution in [0, 0.1) is 5.92 Å². The van der Waals surface area contributed by atoms with E-state index in [4.69, 9.17) is 0 Å². The molecule has 0 spiro atoms. The van der Waals surface area contributed by atoms with Crippen LogP contribution in [0.15, 0.2) is 48.8 Å². The Morgan fingerprint density at radius 2 is 1.79 bits per heavy atom. The number of benzene rings is 1. The molecule has 1 fully saturated rings. The summed E-state index contributed by atoms with van der Waals surface area (Å²) in [5, 5.41) is 3.18. The molecule has 0 aliphatic carbocycles. The van der Waals surface area contributed by atoms with Gasteiger partial charge in [-0.2, -0.15) is 0 Å². The van der Waals surface area contributed by atoms with E-state index < -0.39 is 0 Å². The maximum absolute atomic E-state index is 12.1. The van der Waals surface area contributed by atoms with Gasteiger partial charge in [0.15, 0.2) is 0 Å². The van der Waals surface area contributed by atoms with Crippen molar-refractivity contribution in [3.63, 3.8) is 0 Å². The average Bonchev–Trinajstić information content (AvgIpc) is 3.16. The molecule has 0 unspecified atom stereocenters. The number of carbonyl (C=O) groups is 1. The standard InChI is InChI=1S/C20H27N3O/c1-21-16-18-4-7-19(8-5-18)22-14-10-17(11-15-22)6-9-20(24)23-12-2-3-13-23/h2-5,7-8,12-13,17,21H,6,9-11,14-16H2,1H3. The normalized spacial score (nSPS) is 15.6. The van der Waals surface area contributed by atoms with Crippen molar-refractivity contribution in [1.82, 2.24) is 9.88 Å². The van der Waals surface area contributed by atoms with Gasteiger partial charge in [0.25, 0.3) is 0 Å². The molecule has 0 radical (unpaired) electrons. The minimum Gasteiger partial charge on any atom is -0.372 e. The number of anilines is 1. The Balaban J connectivity index is 1.44. The average molecular weight is 325 g/mol. The van der Waals surface area contributed by atoms with E-state index in [0.717, 1.165) is 26.1 Å². The summed E-state index contributed by atoms with van der Waals surface area (Å²) >= 11 is 0. The van der Waals surface area contributed by atoms with Crippen LogP contribution in [0.2, 0.25) is 0 Å². The molecule has 24 heavy (non-hydrogen) atoms. The molecule has 4 nitrogen and oxygen atoms in total. The largest absolute Gasteiger partial charge is 0.372 e. The third-order valence-electron chi connectivity index (χ3n) is 4.96. The molecule has 0 bridgehead atoms. The molecule has 1 aliphatic rings. The summed E-state index contributed by atoms with van der Waals surface area (Å²) < 4.78 is 1.70. The van der Waals surface area contributed by atoms with Crippen LogP contribution in [0.1, 0.15) is 36.0 Å². The number of aromatic nitrogens is 1. The van der Waals surface area contributed by atoms with Crippen molar-refractivity contribution >= 4 is 11.6 Å². The fourth-order valence-electron chi connectivity index (χ4n) is 3.47. The van der Waals surface area contributed by atoms with E-state index >= 15 is 0 Å². The summed E-state index contributed by atoms with van der Waals surface area (Å²) in [5.74, 6) is 0.881. The van der Waals surface area contributed by atoms with Gasteiger partial charge in [-0.1, -0.05) is 12.1 Å². The smallest absolute Gasteiger partial charge is 0.230 e. The lowest BCUT2D eigenvalue weighted by atomic mass is 9.91. The molecule has 3 rings (SSSR count). The highest BCUT2D eigenvalue weighted by Crippen LogP contribution is 2.26. The number of nitrogens with one attached hydrogen (secondary N) is 1. The van der Waals surface area contributed by atoms with Gasteiger partial charge in [0.2, 0.25) is 5.91 Å². The molecule has 0 saturated carbocycles. The summed E-state index contributed by atoms with van der Waals surface area (Å²) in [7, 11) is 1.97. The van der Waals surface area contributed by atoms with Gasteiger partial charge in [-0.3, -0.25) is 9.36 Å². The molecule has 1 aromatic carbocycles. The highest BCUT2D eigenvalue weighted by atomic mass is 16.1. The van der Waals surface area contributed by atoms with Crippen molar-refractivity contribution in [3.8, 4) is 0 Å². The Bertz CT molecular complexity index is 625. The predicted octanol–water partition coefficient (Wildman–Crippen LogP) is 3.54. The Labute approximate surface area is 144 Å². The van der Waals surface area contributed by atoms with Crippen LogP contribution in [0.3, 0.4) is 0 Å². The Hall–Kier alpha value is -2.07. The van der Waals surface area contributed by atoms with E-state index in [1.807, 2.05) is 31.6 Å². The highest BCUT2D eigenvalue weighted by molar-refractivity contribution is 5.78. The zero-order chi connectivity index (χ0) is 16.8. The van der Waals surface area contributed by atoms with Crippen LogP contribution >= 0.6 is 0 Å². The maximum Gasteiger partial charge on any atom is 0.230 e. The quantitative estimate of drug-likeness (QED) is 0.882. The van der Waals surface area contributed by atoms with Crippen LogP contribution in [-0.2, 0) is 6.54 Å². The van der Waals surface area contributed by atoms with Crippen LogP contribution in [0.5, 0.6) is 0 Å². The minimum atomic E-state index is 0.211. The fourth-order valence-corrected chi connectivity index (χ4v) is 3.47. The van der Waals surface area contributed by atoms with Gasteiger partial charge in [0, 0.05) is 44.1 Å². The van der Waals surface area contributed by atoms with E-state index in [9.17, 15) is 4.79 Å². The molecule has 1 aliphatic heterocycles. The van der Waals surface area contributed by atoms with E-state index in [0.29, 0.717) is 12.3 Å². The Morgan fingerprint density at radius 1 is 1.12 bits per heavy atom. The number of carbonyl (C=O) groups excluding carboxylic acids is 1. The van der Waals surface area contributed by atoms with Crippen molar-refractivity contribution in [2.45, 2.75) is 32.2 Å². The monoisotopic (exact) mass is 325 g/mol. The number of hydrogen-bond donors (Lipinski definition) is 1. The molecule has 1 aromatic heterocycles.